The number of alkyl halides is 2. The van der Waals surface area contributed by atoms with Crippen molar-refractivity contribution in [3.8, 4) is 0 Å². The molecule has 4 heteroatoms. The molecule has 1 unspecified atom stereocenters. The third-order valence-corrected chi connectivity index (χ3v) is 4.73. The van der Waals surface area contributed by atoms with Crippen LogP contribution in [-0.4, -0.2) is 10.3 Å². The molecule has 1 saturated carbocycles. The molecule has 1 aliphatic rings. The molecule has 0 aromatic heterocycles. The van der Waals surface area contributed by atoms with Crippen LogP contribution >= 0.6 is 23.2 Å². The molecular weight excluding hydrogens is 259 g/mol. The summed E-state index contributed by atoms with van der Waals surface area (Å²) in [6, 6.07) is 9.52. The predicted octanol–water partition coefficient (Wildman–Crippen LogP) is 3.56. The number of hydrogen-bond acceptors (Lipinski definition) is 2. The normalized spacial score (nSPS) is 24.1. The molecule has 1 aromatic rings. The highest BCUT2D eigenvalue weighted by Gasteiger charge is 2.74. The van der Waals surface area contributed by atoms with Crippen molar-refractivity contribution >= 4 is 29.2 Å². The first-order chi connectivity index (χ1) is 7.87. The third kappa shape index (κ3) is 2.16. The molecule has 0 heterocycles. The zero-order valence-corrected chi connectivity index (χ0v) is 11.3. The summed E-state index contributed by atoms with van der Waals surface area (Å²) in [7, 11) is 0. The second-order valence-electron chi connectivity index (χ2n) is 4.87. The number of ether oxygens (including phenoxy) is 1. The predicted molar refractivity (Wildman–Crippen MR) is 67.9 cm³/mol. The monoisotopic (exact) mass is 272 g/mol. The first-order valence-corrected chi connectivity index (χ1v) is 6.21. The maximum atomic E-state index is 11.8. The van der Waals surface area contributed by atoms with Crippen LogP contribution in [0.15, 0.2) is 30.3 Å². The van der Waals surface area contributed by atoms with Gasteiger partial charge in [0.05, 0.1) is 5.92 Å². The third-order valence-electron chi connectivity index (χ3n) is 3.32. The maximum Gasteiger partial charge on any atom is 0.313 e. The van der Waals surface area contributed by atoms with Crippen LogP contribution in [0.25, 0.3) is 0 Å². The lowest BCUT2D eigenvalue weighted by Gasteiger charge is -2.05. The van der Waals surface area contributed by atoms with Crippen LogP contribution < -0.4 is 0 Å². The lowest BCUT2D eigenvalue weighted by molar-refractivity contribution is -0.147. The number of halogens is 2. The Hall–Kier alpha value is -0.730. The van der Waals surface area contributed by atoms with Crippen LogP contribution in [0.4, 0.5) is 0 Å². The topological polar surface area (TPSA) is 26.3 Å². The van der Waals surface area contributed by atoms with Gasteiger partial charge in [-0.2, -0.15) is 0 Å². The van der Waals surface area contributed by atoms with E-state index in [1.165, 1.54) is 0 Å². The number of rotatable bonds is 3. The van der Waals surface area contributed by atoms with Crippen molar-refractivity contribution in [1.29, 1.82) is 0 Å². The van der Waals surface area contributed by atoms with E-state index in [0.717, 1.165) is 5.56 Å². The fraction of sp³-hybridized carbons (Fsp3) is 0.462. The first-order valence-electron chi connectivity index (χ1n) is 5.46. The van der Waals surface area contributed by atoms with Gasteiger partial charge < -0.3 is 4.74 Å². The minimum Gasteiger partial charge on any atom is -0.461 e. The smallest absolute Gasteiger partial charge is 0.313 e. The average Bonchev–Trinajstić information content (AvgIpc) is 2.68. The van der Waals surface area contributed by atoms with E-state index in [0.29, 0.717) is 0 Å². The molecule has 1 fully saturated rings. The molecule has 17 heavy (non-hydrogen) atoms. The van der Waals surface area contributed by atoms with E-state index in [4.69, 9.17) is 27.9 Å². The summed E-state index contributed by atoms with van der Waals surface area (Å²) in [5.74, 6) is -0.772. The molecule has 2 nitrogen and oxygen atoms in total. The van der Waals surface area contributed by atoms with Gasteiger partial charge in [-0.1, -0.05) is 44.2 Å². The van der Waals surface area contributed by atoms with Crippen molar-refractivity contribution in [2.24, 2.45) is 11.3 Å². The summed E-state index contributed by atoms with van der Waals surface area (Å²) in [6.45, 7) is 3.99. The second kappa shape index (κ2) is 4.18. The quantitative estimate of drug-likeness (QED) is 0.621. The molecule has 0 aliphatic heterocycles. The lowest BCUT2D eigenvalue weighted by atomic mass is 10.1. The number of esters is 1. The van der Waals surface area contributed by atoms with Crippen LogP contribution in [0.5, 0.6) is 0 Å². The van der Waals surface area contributed by atoms with E-state index in [9.17, 15) is 4.79 Å². The molecule has 1 atom stereocenters. The zero-order valence-electron chi connectivity index (χ0n) is 9.74. The summed E-state index contributed by atoms with van der Waals surface area (Å²) < 4.78 is 4.22. The van der Waals surface area contributed by atoms with Crippen LogP contribution in [0.2, 0.25) is 0 Å². The van der Waals surface area contributed by atoms with E-state index in [1.807, 2.05) is 44.2 Å². The van der Waals surface area contributed by atoms with E-state index < -0.39 is 15.7 Å². The minimum atomic E-state index is -0.999. The fourth-order valence-corrected chi connectivity index (χ4v) is 2.75. The number of carbonyl (C=O) groups is 1. The van der Waals surface area contributed by atoms with Crippen molar-refractivity contribution in [3.63, 3.8) is 0 Å². The van der Waals surface area contributed by atoms with Crippen molar-refractivity contribution in [1.82, 2.24) is 0 Å². The highest BCUT2D eigenvalue weighted by molar-refractivity contribution is 6.53. The van der Waals surface area contributed by atoms with Gasteiger partial charge in [-0.25, -0.2) is 0 Å². The zero-order chi connectivity index (χ0) is 12.7. The Labute approximate surface area is 111 Å². The van der Waals surface area contributed by atoms with Gasteiger partial charge in [0.2, 0.25) is 0 Å². The molecule has 0 spiro atoms. The van der Waals surface area contributed by atoms with Gasteiger partial charge in [-0.3, -0.25) is 4.79 Å². The van der Waals surface area contributed by atoms with E-state index >= 15 is 0 Å². The van der Waals surface area contributed by atoms with Crippen molar-refractivity contribution in [2.75, 3.05) is 0 Å². The van der Waals surface area contributed by atoms with Gasteiger partial charge in [0.15, 0.2) is 0 Å². The van der Waals surface area contributed by atoms with Crippen LogP contribution in [0.1, 0.15) is 19.4 Å². The SMILES string of the molecule is CC1(C)C(C(=O)OCc2ccccc2)C1(Cl)Cl. The van der Waals surface area contributed by atoms with Crippen LogP contribution in [-0.2, 0) is 16.1 Å². The summed E-state index contributed by atoms with van der Waals surface area (Å²) in [5.41, 5.74) is 0.540. The number of benzene rings is 1. The Balaban J connectivity index is 1.92. The van der Waals surface area contributed by atoms with Crippen molar-refractivity contribution in [3.05, 3.63) is 35.9 Å². The standard InChI is InChI=1S/C13H14Cl2O2/c1-12(2)10(13(12,14)15)11(16)17-8-9-6-4-3-5-7-9/h3-7,10H,8H2,1-2H3. The summed E-state index contributed by atoms with van der Waals surface area (Å²) in [5, 5.41) is 0. The molecule has 0 N–H and O–H groups in total. The summed E-state index contributed by atoms with van der Waals surface area (Å²) in [6.07, 6.45) is 0. The molecule has 0 saturated heterocycles. The van der Waals surface area contributed by atoms with E-state index in [2.05, 4.69) is 0 Å². The molecule has 2 rings (SSSR count). The molecule has 0 radical (unpaired) electrons. The van der Waals surface area contributed by atoms with Gasteiger partial charge in [0.25, 0.3) is 0 Å². The molecule has 0 bridgehead atoms. The molecule has 0 amide bonds. The first kappa shape index (κ1) is 12.7. The van der Waals surface area contributed by atoms with Gasteiger partial charge in [-0.05, 0) is 5.56 Å². The molecule has 1 aliphatic carbocycles. The second-order valence-corrected chi connectivity index (χ2v) is 6.26. The van der Waals surface area contributed by atoms with Crippen LogP contribution in [0, 0.1) is 11.3 Å². The summed E-state index contributed by atoms with van der Waals surface area (Å²) >= 11 is 12.1. The van der Waals surface area contributed by atoms with Crippen LogP contribution in [0.3, 0.4) is 0 Å². The fourth-order valence-electron chi connectivity index (χ4n) is 1.91. The van der Waals surface area contributed by atoms with Gasteiger partial charge in [0.1, 0.15) is 10.9 Å². The Bertz CT molecular complexity index is 412. The molecule has 92 valence electrons. The number of hydrogen-bond donors (Lipinski definition) is 0. The Morgan fingerprint density at radius 2 is 1.82 bits per heavy atom. The Kier molecular flexibility index (Phi) is 3.13. The largest absolute Gasteiger partial charge is 0.461 e. The van der Waals surface area contributed by atoms with Crippen molar-refractivity contribution in [2.45, 2.75) is 24.8 Å². The maximum absolute atomic E-state index is 11.8. The van der Waals surface area contributed by atoms with Crippen molar-refractivity contribution < 1.29 is 9.53 Å². The number of carbonyl (C=O) groups excluding carboxylic acids is 1. The molecular formula is C13H14Cl2O2. The van der Waals surface area contributed by atoms with Gasteiger partial charge in [-0.15, -0.1) is 23.2 Å². The average molecular weight is 273 g/mol. The summed E-state index contributed by atoms with van der Waals surface area (Å²) in [4.78, 5) is 11.8. The Morgan fingerprint density at radius 3 is 2.29 bits per heavy atom. The van der Waals surface area contributed by atoms with Gasteiger partial charge >= 0.3 is 5.97 Å². The highest BCUT2D eigenvalue weighted by Crippen LogP contribution is 2.69. The Morgan fingerprint density at radius 1 is 1.29 bits per heavy atom. The van der Waals surface area contributed by atoms with Gasteiger partial charge in [0, 0.05) is 5.41 Å². The highest BCUT2D eigenvalue weighted by atomic mass is 35.5. The van der Waals surface area contributed by atoms with E-state index in [1.54, 1.807) is 0 Å². The lowest BCUT2D eigenvalue weighted by Crippen LogP contribution is -2.11. The minimum absolute atomic E-state index is 0.260. The van der Waals surface area contributed by atoms with E-state index in [-0.39, 0.29) is 12.6 Å². The molecule has 1 aromatic carbocycles.